The SMILES string of the molecule is O=Cc1ccc2c(c1)C1(OC2=O)c2cc(F)c(O)c(F)c2Oc2c1cc(F)c(OS(=O)(=O)C(F)(F)F)c2F. The summed E-state index contributed by atoms with van der Waals surface area (Å²) in [6.07, 6.45) is 0.288. The van der Waals surface area contributed by atoms with Gasteiger partial charge < -0.3 is 18.8 Å². The summed E-state index contributed by atoms with van der Waals surface area (Å²) in [5, 5.41) is 9.71. The Kier molecular flexibility index (Phi) is 5.22. The Morgan fingerprint density at radius 1 is 0.921 bits per heavy atom. The van der Waals surface area contributed by atoms with Crippen molar-refractivity contribution in [1.82, 2.24) is 0 Å². The molecule has 0 saturated heterocycles. The van der Waals surface area contributed by atoms with E-state index in [1.807, 2.05) is 0 Å². The third-order valence-corrected chi connectivity index (χ3v) is 6.70. The fourth-order valence-corrected chi connectivity index (χ4v) is 4.60. The molecular weight excluding hydrogens is 557 g/mol. The summed E-state index contributed by atoms with van der Waals surface area (Å²) in [6, 6.07) is 3.74. The number of ether oxygens (including phenoxy) is 2. The van der Waals surface area contributed by atoms with Gasteiger partial charge in [-0.2, -0.15) is 30.4 Å². The largest absolute Gasteiger partial charge is 0.534 e. The Hall–Kier alpha value is -4.34. The normalized spacial score (nSPS) is 17.8. The first-order valence-corrected chi connectivity index (χ1v) is 11.3. The van der Waals surface area contributed by atoms with Crippen molar-refractivity contribution in [2.45, 2.75) is 11.1 Å². The molecule has 1 atom stereocenters. The van der Waals surface area contributed by atoms with Gasteiger partial charge >= 0.3 is 21.6 Å². The summed E-state index contributed by atoms with van der Waals surface area (Å²) in [5.41, 5.74) is -11.4. The minimum absolute atomic E-state index is 0.145. The Balaban J connectivity index is 1.89. The maximum Gasteiger partial charge on any atom is 0.534 e. The number of hydrogen-bond donors (Lipinski definition) is 1. The number of aldehydes is 1. The third kappa shape index (κ3) is 3.25. The summed E-state index contributed by atoms with van der Waals surface area (Å²) in [4.78, 5) is 24.1. The third-order valence-electron chi connectivity index (χ3n) is 5.74. The first-order chi connectivity index (χ1) is 17.6. The van der Waals surface area contributed by atoms with E-state index in [-0.39, 0.29) is 23.5 Å². The lowest BCUT2D eigenvalue weighted by Crippen LogP contribution is -2.35. The molecule has 0 aromatic heterocycles. The molecule has 1 N–H and O–H groups in total. The Morgan fingerprint density at radius 3 is 2.13 bits per heavy atom. The molecule has 198 valence electrons. The lowest BCUT2D eigenvalue weighted by atomic mass is 9.77. The van der Waals surface area contributed by atoms with Crippen LogP contribution in [0.25, 0.3) is 0 Å². The van der Waals surface area contributed by atoms with Crippen LogP contribution in [0.1, 0.15) is 37.4 Å². The molecule has 2 aliphatic rings. The predicted octanol–water partition coefficient (Wildman–Crippen LogP) is 4.56. The summed E-state index contributed by atoms with van der Waals surface area (Å²) in [5.74, 6) is -15.5. The first-order valence-electron chi connectivity index (χ1n) is 9.89. The standard InChI is InChI=1S/C22H7F7O8S/c23-12-4-10-17(14(25)16(12)31)35-18-11(5-13(24)19(15(18)26)37-38(33,34)22(27,28)29)21(10)9-3-7(6-30)1-2-8(9)20(32)36-21/h1-6,31H. The minimum Gasteiger partial charge on any atom is -0.503 e. The number of carbonyl (C=O) groups excluding carboxylic acids is 2. The molecule has 1 spiro atoms. The molecule has 0 aliphatic carbocycles. The van der Waals surface area contributed by atoms with Crippen LogP contribution in [0.5, 0.6) is 23.0 Å². The van der Waals surface area contributed by atoms with E-state index in [2.05, 4.69) is 4.18 Å². The van der Waals surface area contributed by atoms with E-state index in [9.17, 15) is 49.5 Å². The quantitative estimate of drug-likeness (QED) is 0.162. The van der Waals surface area contributed by atoms with Crippen LogP contribution < -0.4 is 8.92 Å². The highest BCUT2D eigenvalue weighted by atomic mass is 32.2. The topological polar surface area (TPSA) is 116 Å². The molecule has 1 unspecified atom stereocenters. The number of benzene rings is 3. The van der Waals surface area contributed by atoms with E-state index in [0.717, 1.165) is 18.2 Å². The number of carbonyl (C=O) groups is 2. The highest BCUT2D eigenvalue weighted by Gasteiger charge is 2.57. The van der Waals surface area contributed by atoms with Gasteiger partial charge in [-0.05, 0) is 24.3 Å². The molecule has 3 aromatic carbocycles. The van der Waals surface area contributed by atoms with Gasteiger partial charge in [-0.25, -0.2) is 13.6 Å². The maximum atomic E-state index is 15.4. The fourth-order valence-electron chi connectivity index (χ4n) is 4.13. The average Bonchev–Trinajstić information content (AvgIpc) is 3.13. The molecule has 0 amide bonds. The Labute approximate surface area is 205 Å². The predicted molar refractivity (Wildman–Crippen MR) is 107 cm³/mol. The van der Waals surface area contributed by atoms with Crippen LogP contribution in [0.2, 0.25) is 0 Å². The smallest absolute Gasteiger partial charge is 0.503 e. The van der Waals surface area contributed by atoms with Crippen molar-refractivity contribution in [2.75, 3.05) is 0 Å². The fraction of sp³-hybridized carbons (Fsp3) is 0.0909. The summed E-state index contributed by atoms with van der Waals surface area (Å²) >= 11 is 0. The number of phenolic OH excluding ortho intramolecular Hbond substituents is 1. The molecular formula is C22H7F7O8S. The maximum absolute atomic E-state index is 15.4. The Bertz CT molecular complexity index is 1700. The van der Waals surface area contributed by atoms with Gasteiger partial charge in [-0.3, -0.25) is 4.79 Å². The zero-order valence-electron chi connectivity index (χ0n) is 17.8. The number of phenols is 1. The van der Waals surface area contributed by atoms with Crippen LogP contribution in [0.4, 0.5) is 30.7 Å². The molecule has 0 saturated carbocycles. The minimum atomic E-state index is -6.62. The van der Waals surface area contributed by atoms with Gasteiger partial charge in [-0.15, -0.1) is 0 Å². The van der Waals surface area contributed by atoms with Crippen LogP contribution in [0, 0.1) is 23.3 Å². The zero-order valence-corrected chi connectivity index (χ0v) is 18.6. The number of rotatable bonds is 3. The van der Waals surface area contributed by atoms with Crippen LogP contribution in [-0.2, 0) is 20.5 Å². The van der Waals surface area contributed by atoms with Gasteiger partial charge in [0.2, 0.25) is 17.4 Å². The molecule has 5 rings (SSSR count). The molecule has 8 nitrogen and oxygen atoms in total. The van der Waals surface area contributed by atoms with Crippen LogP contribution in [-0.4, -0.2) is 31.3 Å². The monoisotopic (exact) mass is 564 g/mol. The number of aromatic hydroxyl groups is 1. The highest BCUT2D eigenvalue weighted by Crippen LogP contribution is 2.59. The summed E-state index contributed by atoms with van der Waals surface area (Å²) in [6.45, 7) is 0. The van der Waals surface area contributed by atoms with Crippen molar-refractivity contribution in [2.24, 2.45) is 0 Å². The Morgan fingerprint density at radius 2 is 1.53 bits per heavy atom. The van der Waals surface area contributed by atoms with Crippen LogP contribution in [0.3, 0.4) is 0 Å². The van der Waals surface area contributed by atoms with Gasteiger partial charge in [-0.1, -0.05) is 6.07 Å². The lowest BCUT2D eigenvalue weighted by molar-refractivity contribution is -0.0502. The summed E-state index contributed by atoms with van der Waals surface area (Å²) in [7, 11) is -6.62. The van der Waals surface area contributed by atoms with Gasteiger partial charge in [0.05, 0.1) is 16.7 Å². The second-order valence-corrected chi connectivity index (χ2v) is 9.39. The van der Waals surface area contributed by atoms with Crippen molar-refractivity contribution in [3.63, 3.8) is 0 Å². The molecule has 38 heavy (non-hydrogen) atoms. The number of halogens is 7. The molecule has 3 aromatic rings. The highest BCUT2D eigenvalue weighted by molar-refractivity contribution is 7.88. The lowest BCUT2D eigenvalue weighted by Gasteiger charge is -2.37. The van der Waals surface area contributed by atoms with E-state index in [0.29, 0.717) is 6.07 Å². The van der Waals surface area contributed by atoms with Crippen LogP contribution >= 0.6 is 0 Å². The molecule has 0 radical (unpaired) electrons. The van der Waals surface area contributed by atoms with Crippen molar-refractivity contribution in [1.29, 1.82) is 0 Å². The average molecular weight is 564 g/mol. The molecule has 0 bridgehead atoms. The number of fused-ring (bicyclic) bond motifs is 6. The first kappa shape index (κ1) is 25.3. The van der Waals surface area contributed by atoms with E-state index in [1.54, 1.807) is 0 Å². The van der Waals surface area contributed by atoms with Crippen molar-refractivity contribution in [3.05, 3.63) is 81.4 Å². The second-order valence-electron chi connectivity index (χ2n) is 7.85. The molecule has 2 aliphatic heterocycles. The molecule has 16 heteroatoms. The number of hydrogen-bond acceptors (Lipinski definition) is 8. The van der Waals surface area contributed by atoms with E-state index >= 15 is 4.39 Å². The van der Waals surface area contributed by atoms with Gasteiger partial charge in [0.1, 0.15) is 6.29 Å². The van der Waals surface area contributed by atoms with E-state index < -0.39 is 90.2 Å². The zero-order chi connectivity index (χ0) is 27.9. The van der Waals surface area contributed by atoms with Crippen molar-refractivity contribution >= 4 is 22.4 Å². The van der Waals surface area contributed by atoms with Crippen molar-refractivity contribution in [3.8, 4) is 23.0 Å². The number of esters is 1. The van der Waals surface area contributed by atoms with Crippen molar-refractivity contribution < 1.29 is 67.5 Å². The molecule has 2 heterocycles. The second kappa shape index (κ2) is 7.83. The van der Waals surface area contributed by atoms with Gasteiger partial charge in [0.25, 0.3) is 0 Å². The van der Waals surface area contributed by atoms with Gasteiger partial charge in [0.15, 0.2) is 34.5 Å². The van der Waals surface area contributed by atoms with E-state index in [1.165, 1.54) is 0 Å². The van der Waals surface area contributed by atoms with E-state index in [4.69, 9.17) is 9.47 Å². The summed E-state index contributed by atoms with van der Waals surface area (Å²) < 4.78 is 135. The number of alkyl halides is 3. The van der Waals surface area contributed by atoms with Crippen LogP contribution in [0.15, 0.2) is 30.3 Å². The van der Waals surface area contributed by atoms with Gasteiger partial charge in [0, 0.05) is 11.1 Å². The molecule has 0 fully saturated rings.